The van der Waals surface area contributed by atoms with Gasteiger partial charge in [0, 0.05) is 19.6 Å². The van der Waals surface area contributed by atoms with Gasteiger partial charge < -0.3 is 15.7 Å². The number of aliphatic hydroxyl groups excluding tert-OH is 1. The number of sulfone groups is 1. The molecule has 0 saturated heterocycles. The fourth-order valence-electron chi connectivity index (χ4n) is 2.70. The maximum Gasteiger partial charge on any atom is 0.191 e. The van der Waals surface area contributed by atoms with Crippen molar-refractivity contribution in [1.82, 2.24) is 10.6 Å². The number of nitrogens with zero attached hydrogens (tertiary/aromatic N) is 1. The van der Waals surface area contributed by atoms with Gasteiger partial charge in [-0.15, -0.1) is 24.0 Å². The molecule has 0 radical (unpaired) electrons. The molecule has 0 aliphatic heterocycles. The summed E-state index contributed by atoms with van der Waals surface area (Å²) in [6.45, 7) is 3.64. The third-order valence-electron chi connectivity index (χ3n) is 4.18. The molecular weight excluding hydrogens is 501 g/mol. The van der Waals surface area contributed by atoms with Crippen LogP contribution in [-0.4, -0.2) is 44.9 Å². The molecule has 0 aliphatic rings. The predicted octanol–water partition coefficient (Wildman–Crippen LogP) is 3.15. The number of nitrogens with one attached hydrogen (secondary N) is 2. The van der Waals surface area contributed by atoms with Gasteiger partial charge in [0.25, 0.3) is 0 Å². The minimum atomic E-state index is -3.27. The first-order valence-electron chi connectivity index (χ1n) is 9.56. The van der Waals surface area contributed by atoms with Crippen LogP contribution in [-0.2, 0) is 9.84 Å². The largest absolute Gasteiger partial charge is 0.388 e. The number of halogens is 1. The van der Waals surface area contributed by atoms with Crippen molar-refractivity contribution in [2.45, 2.75) is 30.8 Å². The van der Waals surface area contributed by atoms with Crippen LogP contribution in [0.2, 0.25) is 0 Å². The SMILES string of the molecule is CCNC(=NCCCS(=O)(=O)c1ccccc1)NCCC(O)c1ccccc1.I. The molecule has 0 aromatic heterocycles. The normalized spacial score (nSPS) is 12.7. The Morgan fingerprint density at radius 2 is 1.66 bits per heavy atom. The van der Waals surface area contributed by atoms with Gasteiger partial charge in [0.05, 0.1) is 16.8 Å². The van der Waals surface area contributed by atoms with Gasteiger partial charge in [0.15, 0.2) is 15.8 Å². The first-order valence-corrected chi connectivity index (χ1v) is 11.2. The highest BCUT2D eigenvalue weighted by Gasteiger charge is 2.13. The molecule has 6 nitrogen and oxygen atoms in total. The molecular formula is C21H30IN3O3S. The summed E-state index contributed by atoms with van der Waals surface area (Å²) < 4.78 is 24.6. The summed E-state index contributed by atoms with van der Waals surface area (Å²) in [6, 6.07) is 18.0. The van der Waals surface area contributed by atoms with E-state index in [1.165, 1.54) is 0 Å². The summed E-state index contributed by atoms with van der Waals surface area (Å²) in [6.07, 6.45) is 0.463. The van der Waals surface area contributed by atoms with Crippen molar-refractivity contribution in [3.63, 3.8) is 0 Å². The topological polar surface area (TPSA) is 90.8 Å². The Hall–Kier alpha value is -1.65. The zero-order valence-corrected chi connectivity index (χ0v) is 19.8. The van der Waals surface area contributed by atoms with Gasteiger partial charge in [-0.1, -0.05) is 48.5 Å². The molecule has 0 saturated carbocycles. The monoisotopic (exact) mass is 531 g/mol. The van der Waals surface area contributed by atoms with Crippen molar-refractivity contribution >= 4 is 39.8 Å². The van der Waals surface area contributed by atoms with E-state index in [1.54, 1.807) is 30.3 Å². The number of aliphatic hydroxyl groups is 1. The highest BCUT2D eigenvalue weighted by Crippen LogP contribution is 2.15. The molecule has 3 N–H and O–H groups in total. The average Bonchev–Trinajstić information content (AvgIpc) is 2.72. The number of hydrogen-bond donors (Lipinski definition) is 3. The second-order valence-electron chi connectivity index (χ2n) is 6.39. The molecule has 2 aromatic rings. The van der Waals surface area contributed by atoms with Crippen LogP contribution in [0.1, 0.15) is 31.4 Å². The van der Waals surface area contributed by atoms with Crippen LogP contribution < -0.4 is 10.6 Å². The van der Waals surface area contributed by atoms with Crippen LogP contribution in [0, 0.1) is 0 Å². The molecule has 1 atom stereocenters. The van der Waals surface area contributed by atoms with Gasteiger partial charge in [-0.05, 0) is 37.5 Å². The standard InChI is InChI=1S/C21H29N3O3S.HI/c1-2-22-21(24-16-14-20(25)18-10-5-3-6-11-18)23-15-9-17-28(26,27)19-12-7-4-8-13-19;/h3-8,10-13,20,25H,2,9,14-17H2,1H3,(H2,22,23,24);1H. The molecule has 0 bridgehead atoms. The maximum absolute atomic E-state index is 12.3. The number of guanidine groups is 1. The van der Waals surface area contributed by atoms with Crippen LogP contribution in [0.4, 0.5) is 0 Å². The number of benzene rings is 2. The zero-order chi connectivity index (χ0) is 20.2. The number of aliphatic imine (C=N–C) groups is 1. The van der Waals surface area contributed by atoms with E-state index >= 15 is 0 Å². The summed E-state index contributed by atoms with van der Waals surface area (Å²) >= 11 is 0. The average molecular weight is 531 g/mol. The fourth-order valence-corrected chi connectivity index (χ4v) is 4.02. The molecule has 0 heterocycles. The van der Waals surface area contributed by atoms with Gasteiger partial charge >= 0.3 is 0 Å². The zero-order valence-electron chi connectivity index (χ0n) is 16.6. The molecule has 1 unspecified atom stereocenters. The lowest BCUT2D eigenvalue weighted by Crippen LogP contribution is -2.38. The summed E-state index contributed by atoms with van der Waals surface area (Å²) in [4.78, 5) is 4.77. The second kappa shape index (κ2) is 13.6. The summed E-state index contributed by atoms with van der Waals surface area (Å²) in [7, 11) is -3.27. The summed E-state index contributed by atoms with van der Waals surface area (Å²) in [5.41, 5.74) is 0.886. The Bertz CT molecular complexity index is 831. The van der Waals surface area contributed by atoms with Crippen LogP contribution in [0.3, 0.4) is 0 Å². The van der Waals surface area contributed by atoms with E-state index in [9.17, 15) is 13.5 Å². The third-order valence-corrected chi connectivity index (χ3v) is 6.00. The Balaban J connectivity index is 0.00000420. The number of rotatable bonds is 10. The molecule has 0 amide bonds. The van der Waals surface area contributed by atoms with Crippen molar-refractivity contribution in [2.24, 2.45) is 4.99 Å². The minimum Gasteiger partial charge on any atom is -0.388 e. The smallest absolute Gasteiger partial charge is 0.191 e. The van der Waals surface area contributed by atoms with E-state index in [1.807, 2.05) is 37.3 Å². The van der Waals surface area contributed by atoms with E-state index in [-0.39, 0.29) is 29.7 Å². The molecule has 0 aliphatic carbocycles. The number of hydrogen-bond acceptors (Lipinski definition) is 4. The van der Waals surface area contributed by atoms with Crippen molar-refractivity contribution in [3.05, 3.63) is 66.2 Å². The molecule has 29 heavy (non-hydrogen) atoms. The van der Waals surface area contributed by atoms with E-state index < -0.39 is 15.9 Å². The predicted molar refractivity (Wildman–Crippen MR) is 129 cm³/mol. The Morgan fingerprint density at radius 3 is 2.28 bits per heavy atom. The van der Waals surface area contributed by atoms with Crippen molar-refractivity contribution in [3.8, 4) is 0 Å². The minimum absolute atomic E-state index is 0. The molecule has 8 heteroatoms. The van der Waals surface area contributed by atoms with Gasteiger partial charge in [-0.3, -0.25) is 4.99 Å². The van der Waals surface area contributed by atoms with Gasteiger partial charge in [0.1, 0.15) is 0 Å². The van der Waals surface area contributed by atoms with Crippen molar-refractivity contribution in [2.75, 3.05) is 25.4 Å². The van der Waals surface area contributed by atoms with Crippen LogP contribution in [0.5, 0.6) is 0 Å². The lowest BCUT2D eigenvalue weighted by atomic mass is 10.1. The first kappa shape index (κ1) is 25.4. The Labute approximate surface area is 190 Å². The summed E-state index contributed by atoms with van der Waals surface area (Å²) in [5.74, 6) is 0.687. The second-order valence-corrected chi connectivity index (χ2v) is 8.50. The lowest BCUT2D eigenvalue weighted by molar-refractivity contribution is 0.168. The van der Waals surface area contributed by atoms with Crippen LogP contribution >= 0.6 is 24.0 Å². The van der Waals surface area contributed by atoms with Gasteiger partial charge in [-0.25, -0.2) is 8.42 Å². The van der Waals surface area contributed by atoms with Gasteiger partial charge in [0.2, 0.25) is 0 Å². The molecule has 0 fully saturated rings. The maximum atomic E-state index is 12.3. The van der Waals surface area contributed by atoms with Crippen molar-refractivity contribution < 1.29 is 13.5 Å². The lowest BCUT2D eigenvalue weighted by Gasteiger charge is -2.14. The van der Waals surface area contributed by atoms with Crippen molar-refractivity contribution in [1.29, 1.82) is 0 Å². The van der Waals surface area contributed by atoms with E-state index in [0.717, 1.165) is 5.56 Å². The Kier molecular flexibility index (Phi) is 11.9. The molecule has 2 aromatic carbocycles. The molecule has 0 spiro atoms. The van der Waals surface area contributed by atoms with E-state index in [2.05, 4.69) is 15.6 Å². The highest BCUT2D eigenvalue weighted by molar-refractivity contribution is 14.0. The van der Waals surface area contributed by atoms with Crippen LogP contribution in [0.25, 0.3) is 0 Å². The summed E-state index contributed by atoms with van der Waals surface area (Å²) in [5, 5.41) is 16.5. The van der Waals surface area contributed by atoms with Gasteiger partial charge in [-0.2, -0.15) is 0 Å². The van der Waals surface area contributed by atoms with E-state index in [4.69, 9.17) is 0 Å². The highest BCUT2D eigenvalue weighted by atomic mass is 127. The molecule has 160 valence electrons. The third kappa shape index (κ3) is 9.14. The van der Waals surface area contributed by atoms with E-state index in [0.29, 0.717) is 43.3 Å². The first-order chi connectivity index (χ1) is 13.5. The van der Waals surface area contributed by atoms with Crippen LogP contribution in [0.15, 0.2) is 70.6 Å². The Morgan fingerprint density at radius 1 is 1.03 bits per heavy atom. The molecule has 2 rings (SSSR count). The fraction of sp³-hybridized carbons (Fsp3) is 0.381. The quantitative estimate of drug-likeness (QED) is 0.190.